The average molecular weight is 285 g/mol. The molecule has 0 aliphatic heterocycles. The third kappa shape index (κ3) is 4.01. The smallest absolute Gasteiger partial charge is 0.232 e. The highest BCUT2D eigenvalue weighted by atomic mass is 19.1. The number of nitriles is 1. The number of hydrogen-bond acceptors (Lipinski definition) is 4. The first-order chi connectivity index (χ1) is 10.2. The number of pyridine rings is 1. The Bertz CT molecular complexity index is 639. The zero-order valence-electron chi connectivity index (χ0n) is 11.7. The second kappa shape index (κ2) is 7.36. The van der Waals surface area contributed by atoms with Gasteiger partial charge in [-0.3, -0.25) is 0 Å². The van der Waals surface area contributed by atoms with E-state index in [2.05, 4.69) is 10.3 Å². The number of ether oxygens (including phenoxy) is 1. The van der Waals surface area contributed by atoms with Gasteiger partial charge in [-0.05, 0) is 43.4 Å². The average Bonchev–Trinajstić information content (AvgIpc) is 2.51. The van der Waals surface area contributed by atoms with Gasteiger partial charge in [0.1, 0.15) is 23.6 Å². The maximum absolute atomic E-state index is 13.4. The minimum absolute atomic E-state index is 0.269. The van der Waals surface area contributed by atoms with E-state index in [1.54, 1.807) is 30.5 Å². The van der Waals surface area contributed by atoms with Crippen LogP contribution in [-0.2, 0) is 0 Å². The molecule has 1 atom stereocenters. The first-order valence-corrected chi connectivity index (χ1v) is 6.66. The van der Waals surface area contributed by atoms with Gasteiger partial charge in [-0.15, -0.1) is 0 Å². The molecule has 1 aromatic carbocycles. The first kappa shape index (κ1) is 14.9. The van der Waals surface area contributed by atoms with Crippen molar-refractivity contribution >= 4 is 0 Å². The molecule has 0 bridgehead atoms. The summed E-state index contributed by atoms with van der Waals surface area (Å²) < 4.78 is 19.2. The molecule has 108 valence electrons. The molecule has 1 unspecified atom stereocenters. The molecule has 5 heteroatoms. The van der Waals surface area contributed by atoms with Crippen molar-refractivity contribution in [2.24, 2.45) is 0 Å². The molecular formula is C16H16FN3O. The van der Waals surface area contributed by atoms with Crippen LogP contribution in [0.2, 0.25) is 0 Å². The summed E-state index contributed by atoms with van der Waals surface area (Å²) in [5.74, 6) is -0.0440. The largest absolute Gasteiger partial charge is 0.468 e. The van der Waals surface area contributed by atoms with Crippen molar-refractivity contribution in [2.75, 3.05) is 13.6 Å². The van der Waals surface area contributed by atoms with E-state index in [4.69, 9.17) is 10.00 Å². The van der Waals surface area contributed by atoms with Crippen molar-refractivity contribution in [1.29, 1.82) is 5.26 Å². The van der Waals surface area contributed by atoms with Crippen LogP contribution >= 0.6 is 0 Å². The van der Waals surface area contributed by atoms with E-state index >= 15 is 0 Å². The molecule has 1 heterocycles. The Morgan fingerprint density at radius 1 is 1.38 bits per heavy atom. The summed E-state index contributed by atoms with van der Waals surface area (Å²) in [5, 5.41) is 12.1. The zero-order valence-corrected chi connectivity index (χ0v) is 11.7. The SMILES string of the molecule is CNCCC(Oc1ncccc1C#N)c1cccc(F)c1. The lowest BCUT2D eigenvalue weighted by atomic mass is 10.1. The van der Waals surface area contributed by atoms with Crippen molar-refractivity contribution < 1.29 is 9.13 Å². The van der Waals surface area contributed by atoms with E-state index < -0.39 is 0 Å². The van der Waals surface area contributed by atoms with Crippen LogP contribution in [0.1, 0.15) is 23.7 Å². The minimum Gasteiger partial charge on any atom is -0.468 e. The van der Waals surface area contributed by atoms with Crippen molar-refractivity contribution in [3.63, 3.8) is 0 Å². The van der Waals surface area contributed by atoms with Gasteiger partial charge in [-0.25, -0.2) is 9.37 Å². The molecule has 0 aliphatic carbocycles. The Labute approximate surface area is 123 Å². The molecule has 0 saturated heterocycles. The predicted octanol–water partition coefficient (Wildman–Crippen LogP) is 2.82. The topological polar surface area (TPSA) is 57.9 Å². The van der Waals surface area contributed by atoms with Gasteiger partial charge in [-0.2, -0.15) is 5.26 Å². The molecule has 0 amide bonds. The quantitative estimate of drug-likeness (QED) is 0.886. The maximum Gasteiger partial charge on any atom is 0.232 e. The van der Waals surface area contributed by atoms with Gasteiger partial charge in [0.15, 0.2) is 0 Å². The highest BCUT2D eigenvalue weighted by Gasteiger charge is 2.16. The van der Waals surface area contributed by atoms with E-state index in [0.29, 0.717) is 18.5 Å². The number of hydrogen-bond donors (Lipinski definition) is 1. The molecule has 0 radical (unpaired) electrons. The van der Waals surface area contributed by atoms with Crippen LogP contribution in [0, 0.1) is 17.1 Å². The molecule has 2 rings (SSSR count). The molecule has 1 aromatic heterocycles. The number of benzene rings is 1. The number of nitrogens with one attached hydrogen (secondary N) is 1. The van der Waals surface area contributed by atoms with Crippen molar-refractivity contribution in [1.82, 2.24) is 10.3 Å². The maximum atomic E-state index is 13.4. The Balaban J connectivity index is 2.26. The highest BCUT2D eigenvalue weighted by molar-refractivity contribution is 5.37. The lowest BCUT2D eigenvalue weighted by molar-refractivity contribution is 0.186. The van der Waals surface area contributed by atoms with E-state index in [1.165, 1.54) is 12.1 Å². The molecule has 0 saturated carbocycles. The second-order valence-corrected chi connectivity index (χ2v) is 4.52. The fourth-order valence-corrected chi connectivity index (χ4v) is 1.98. The molecule has 4 nitrogen and oxygen atoms in total. The Morgan fingerprint density at radius 3 is 2.95 bits per heavy atom. The summed E-state index contributed by atoms with van der Waals surface area (Å²) in [7, 11) is 1.84. The number of aromatic nitrogens is 1. The van der Waals surface area contributed by atoms with Crippen LogP contribution in [-0.4, -0.2) is 18.6 Å². The van der Waals surface area contributed by atoms with E-state index in [9.17, 15) is 4.39 Å². The van der Waals surface area contributed by atoms with Gasteiger partial charge in [0.25, 0.3) is 0 Å². The third-order valence-corrected chi connectivity index (χ3v) is 3.02. The Hall–Kier alpha value is -2.45. The molecule has 0 fully saturated rings. The summed E-state index contributed by atoms with van der Waals surface area (Å²) in [6.45, 7) is 0.704. The molecule has 0 aliphatic rings. The van der Waals surface area contributed by atoms with Gasteiger partial charge >= 0.3 is 0 Å². The van der Waals surface area contributed by atoms with Crippen LogP contribution in [0.15, 0.2) is 42.6 Å². The van der Waals surface area contributed by atoms with Crippen molar-refractivity contribution in [3.8, 4) is 11.9 Å². The first-order valence-electron chi connectivity index (χ1n) is 6.66. The highest BCUT2D eigenvalue weighted by Crippen LogP contribution is 2.25. The van der Waals surface area contributed by atoms with Gasteiger partial charge in [-0.1, -0.05) is 12.1 Å². The van der Waals surface area contributed by atoms with Gasteiger partial charge in [0, 0.05) is 12.6 Å². The fourth-order valence-electron chi connectivity index (χ4n) is 1.98. The molecule has 1 N–H and O–H groups in total. The monoisotopic (exact) mass is 285 g/mol. The molecule has 2 aromatic rings. The fraction of sp³-hybridized carbons (Fsp3) is 0.250. The zero-order chi connectivity index (χ0) is 15.1. The normalized spacial score (nSPS) is 11.7. The van der Waals surface area contributed by atoms with Gasteiger partial charge < -0.3 is 10.1 Å². The summed E-state index contributed by atoms with van der Waals surface area (Å²) in [6, 6.07) is 11.6. The summed E-state index contributed by atoms with van der Waals surface area (Å²) >= 11 is 0. The van der Waals surface area contributed by atoms with Crippen LogP contribution in [0.3, 0.4) is 0 Å². The number of nitrogens with zero attached hydrogens (tertiary/aromatic N) is 2. The van der Waals surface area contributed by atoms with Crippen LogP contribution < -0.4 is 10.1 Å². The number of halogens is 1. The van der Waals surface area contributed by atoms with Crippen molar-refractivity contribution in [2.45, 2.75) is 12.5 Å². The van der Waals surface area contributed by atoms with Gasteiger partial charge in [0.05, 0.1) is 0 Å². The molecule has 21 heavy (non-hydrogen) atoms. The third-order valence-electron chi connectivity index (χ3n) is 3.02. The summed E-state index contributed by atoms with van der Waals surface area (Å²) in [5.41, 5.74) is 1.09. The lowest BCUT2D eigenvalue weighted by Crippen LogP contribution is -2.17. The van der Waals surface area contributed by atoms with Crippen LogP contribution in [0.25, 0.3) is 0 Å². The molecule has 0 spiro atoms. The van der Waals surface area contributed by atoms with E-state index in [1.807, 2.05) is 13.1 Å². The van der Waals surface area contributed by atoms with E-state index in [0.717, 1.165) is 5.56 Å². The molecular weight excluding hydrogens is 269 g/mol. The summed E-state index contributed by atoms with van der Waals surface area (Å²) in [4.78, 5) is 4.09. The minimum atomic E-state index is -0.366. The Kier molecular flexibility index (Phi) is 5.24. The number of rotatable bonds is 6. The van der Waals surface area contributed by atoms with Gasteiger partial charge in [0.2, 0.25) is 5.88 Å². The predicted molar refractivity (Wildman–Crippen MR) is 77.3 cm³/mol. The standard InChI is InChI=1S/C16H16FN3O/c1-19-9-7-15(12-4-2-6-14(17)10-12)21-16-13(11-18)5-3-8-20-16/h2-6,8,10,15,19H,7,9H2,1H3. The lowest BCUT2D eigenvalue weighted by Gasteiger charge is -2.19. The summed E-state index contributed by atoms with van der Waals surface area (Å²) in [6.07, 6.45) is 1.84. The van der Waals surface area contributed by atoms with Crippen LogP contribution in [0.5, 0.6) is 5.88 Å². The Morgan fingerprint density at radius 2 is 2.24 bits per heavy atom. The van der Waals surface area contributed by atoms with Crippen molar-refractivity contribution in [3.05, 3.63) is 59.5 Å². The van der Waals surface area contributed by atoms with Crippen LogP contribution in [0.4, 0.5) is 4.39 Å². The van der Waals surface area contributed by atoms with E-state index in [-0.39, 0.29) is 17.8 Å². The second-order valence-electron chi connectivity index (χ2n) is 4.52.